The maximum Gasteiger partial charge on any atom is 0.0982 e. The topological polar surface area (TPSA) is 15.3 Å². The molecule has 0 aromatic heterocycles. The van der Waals surface area contributed by atoms with Crippen LogP contribution < -0.4 is 5.32 Å². The number of benzene rings is 1. The number of rotatable bonds is 5. The van der Waals surface area contributed by atoms with Crippen LogP contribution in [0, 0.1) is 0 Å². The fourth-order valence-electron chi connectivity index (χ4n) is 3.19. The van der Waals surface area contributed by atoms with E-state index >= 15 is 0 Å². The molecule has 0 amide bonds. The van der Waals surface area contributed by atoms with E-state index in [-0.39, 0.29) is 5.54 Å². The van der Waals surface area contributed by atoms with Crippen LogP contribution in [-0.2, 0) is 6.42 Å². The molecule has 0 spiro atoms. The van der Waals surface area contributed by atoms with Gasteiger partial charge in [0.1, 0.15) is 0 Å². The Morgan fingerprint density at radius 1 is 1.38 bits per heavy atom. The largest absolute Gasteiger partial charge is 0.366 e. The lowest BCUT2D eigenvalue weighted by atomic mass is 9.85. The van der Waals surface area contributed by atoms with E-state index in [4.69, 9.17) is 0 Å². The SMILES string of the molecule is C=C/C=C\C(=C/C)c1cccc(C[C@]2(C)CC(=C)N(C)C(=C)N2)c1. The van der Waals surface area contributed by atoms with E-state index in [2.05, 4.69) is 75.3 Å². The van der Waals surface area contributed by atoms with Crippen LogP contribution in [-0.4, -0.2) is 17.5 Å². The van der Waals surface area contributed by atoms with Gasteiger partial charge in [-0.15, -0.1) is 0 Å². The van der Waals surface area contributed by atoms with E-state index in [9.17, 15) is 0 Å². The van der Waals surface area contributed by atoms with Gasteiger partial charge < -0.3 is 10.2 Å². The van der Waals surface area contributed by atoms with Crippen molar-refractivity contribution in [3.8, 4) is 0 Å². The molecule has 0 saturated carbocycles. The third kappa shape index (κ3) is 4.08. The zero-order chi connectivity index (χ0) is 17.7. The van der Waals surface area contributed by atoms with Crippen molar-refractivity contribution in [2.24, 2.45) is 0 Å². The number of nitrogens with zero attached hydrogens (tertiary/aromatic N) is 1. The predicted molar refractivity (Wildman–Crippen MR) is 105 cm³/mol. The first-order chi connectivity index (χ1) is 11.4. The molecule has 2 nitrogen and oxygen atoms in total. The smallest absolute Gasteiger partial charge is 0.0982 e. The van der Waals surface area contributed by atoms with Gasteiger partial charge in [-0.3, -0.25) is 0 Å². The zero-order valence-electron chi connectivity index (χ0n) is 15.1. The summed E-state index contributed by atoms with van der Waals surface area (Å²) < 4.78 is 0. The van der Waals surface area contributed by atoms with Gasteiger partial charge in [0.15, 0.2) is 0 Å². The van der Waals surface area contributed by atoms with Crippen molar-refractivity contribution >= 4 is 5.57 Å². The highest BCUT2D eigenvalue weighted by Crippen LogP contribution is 2.30. The molecule has 1 aliphatic rings. The van der Waals surface area contributed by atoms with Crippen molar-refractivity contribution in [1.29, 1.82) is 0 Å². The summed E-state index contributed by atoms with van der Waals surface area (Å²) in [5, 5.41) is 3.55. The molecule has 1 aliphatic heterocycles. The molecule has 1 fully saturated rings. The van der Waals surface area contributed by atoms with Crippen LogP contribution in [0.15, 0.2) is 79.8 Å². The first-order valence-corrected chi connectivity index (χ1v) is 8.32. The number of hydrogen-bond donors (Lipinski definition) is 1. The monoisotopic (exact) mass is 320 g/mol. The molecular weight excluding hydrogens is 292 g/mol. The normalized spacial score (nSPS) is 22.0. The fourth-order valence-corrected chi connectivity index (χ4v) is 3.19. The van der Waals surface area contributed by atoms with Crippen LogP contribution in [0.3, 0.4) is 0 Å². The Bertz CT molecular complexity index is 688. The first kappa shape index (κ1) is 17.9. The van der Waals surface area contributed by atoms with Crippen molar-refractivity contribution in [1.82, 2.24) is 10.2 Å². The Hall–Kier alpha value is -2.48. The fraction of sp³-hybridized carbons (Fsp3) is 0.273. The molecule has 1 aromatic rings. The van der Waals surface area contributed by atoms with Gasteiger partial charge in [0.25, 0.3) is 0 Å². The van der Waals surface area contributed by atoms with Gasteiger partial charge >= 0.3 is 0 Å². The average molecular weight is 320 g/mol. The molecular formula is C22H28N2. The van der Waals surface area contributed by atoms with E-state index in [1.807, 2.05) is 18.0 Å². The molecule has 0 unspecified atom stereocenters. The number of nitrogens with one attached hydrogen (secondary N) is 1. The summed E-state index contributed by atoms with van der Waals surface area (Å²) in [6.45, 7) is 16.3. The quantitative estimate of drug-likeness (QED) is 0.764. The van der Waals surface area contributed by atoms with Gasteiger partial charge in [-0.25, -0.2) is 0 Å². The van der Waals surface area contributed by atoms with Crippen LogP contribution >= 0.6 is 0 Å². The van der Waals surface area contributed by atoms with Crippen molar-refractivity contribution < 1.29 is 0 Å². The second-order valence-electron chi connectivity index (χ2n) is 6.65. The van der Waals surface area contributed by atoms with Crippen LogP contribution in [0.4, 0.5) is 0 Å². The minimum Gasteiger partial charge on any atom is -0.366 e. The van der Waals surface area contributed by atoms with Crippen LogP contribution in [0.2, 0.25) is 0 Å². The Morgan fingerprint density at radius 2 is 2.12 bits per heavy atom. The average Bonchev–Trinajstić information content (AvgIpc) is 2.53. The second kappa shape index (κ2) is 7.39. The molecule has 1 aromatic carbocycles. The van der Waals surface area contributed by atoms with Gasteiger partial charge in [0, 0.05) is 24.7 Å². The summed E-state index contributed by atoms with van der Waals surface area (Å²) >= 11 is 0. The summed E-state index contributed by atoms with van der Waals surface area (Å²) in [7, 11) is 2.00. The van der Waals surface area contributed by atoms with Crippen molar-refractivity contribution in [2.45, 2.75) is 32.2 Å². The lowest BCUT2D eigenvalue weighted by molar-refractivity contribution is 0.263. The summed E-state index contributed by atoms with van der Waals surface area (Å²) in [5.74, 6) is 0.910. The van der Waals surface area contributed by atoms with E-state index in [0.717, 1.165) is 24.4 Å². The molecule has 1 saturated heterocycles. The van der Waals surface area contributed by atoms with Gasteiger partial charge in [-0.05, 0) is 37.0 Å². The van der Waals surface area contributed by atoms with E-state index in [1.54, 1.807) is 6.08 Å². The molecule has 1 N–H and O–H groups in total. The standard InChI is InChI=1S/C22H28N2/c1-7-9-12-20(8-2)21-13-10-11-19(14-21)16-22(5)15-17(3)24(6)18(4)23-22/h7-14,23H,1,3-4,15-16H2,2,5-6H3/b12-9-,20-8+/t22-/m0/s1. The van der Waals surface area contributed by atoms with Gasteiger partial charge in [0.05, 0.1) is 5.82 Å². The van der Waals surface area contributed by atoms with Crippen molar-refractivity contribution in [3.63, 3.8) is 0 Å². The highest BCUT2D eigenvalue weighted by atomic mass is 15.3. The van der Waals surface area contributed by atoms with Gasteiger partial charge in [0.2, 0.25) is 0 Å². The Kier molecular flexibility index (Phi) is 5.50. The molecule has 0 aliphatic carbocycles. The minimum atomic E-state index is -0.0631. The maximum atomic E-state index is 4.17. The Morgan fingerprint density at radius 3 is 2.75 bits per heavy atom. The second-order valence-corrected chi connectivity index (χ2v) is 6.65. The summed E-state index contributed by atoms with van der Waals surface area (Å²) in [5.41, 5.74) is 4.76. The summed E-state index contributed by atoms with van der Waals surface area (Å²) in [6.07, 6.45) is 9.81. The number of hydrogen-bond acceptors (Lipinski definition) is 2. The van der Waals surface area contributed by atoms with Crippen molar-refractivity contribution in [2.75, 3.05) is 7.05 Å². The van der Waals surface area contributed by atoms with Crippen LogP contribution in [0.1, 0.15) is 31.4 Å². The highest BCUT2D eigenvalue weighted by molar-refractivity contribution is 5.74. The minimum absolute atomic E-state index is 0.0631. The molecule has 2 rings (SSSR count). The lowest BCUT2D eigenvalue weighted by Gasteiger charge is -2.43. The van der Waals surface area contributed by atoms with Crippen molar-refractivity contribution in [3.05, 3.63) is 91.0 Å². The third-order valence-corrected chi connectivity index (χ3v) is 4.50. The molecule has 0 bridgehead atoms. The first-order valence-electron chi connectivity index (χ1n) is 8.32. The third-order valence-electron chi connectivity index (χ3n) is 4.50. The Balaban J connectivity index is 2.23. The van der Waals surface area contributed by atoms with E-state index < -0.39 is 0 Å². The van der Waals surface area contributed by atoms with Gasteiger partial charge in [-0.2, -0.15) is 0 Å². The van der Waals surface area contributed by atoms with Gasteiger partial charge in [-0.1, -0.05) is 68.3 Å². The highest BCUT2D eigenvalue weighted by Gasteiger charge is 2.32. The Labute approximate surface area is 146 Å². The lowest BCUT2D eigenvalue weighted by Crippen LogP contribution is -2.52. The summed E-state index contributed by atoms with van der Waals surface area (Å²) in [4.78, 5) is 2.02. The molecule has 24 heavy (non-hydrogen) atoms. The molecule has 0 radical (unpaired) electrons. The van der Waals surface area contributed by atoms with E-state index in [1.165, 1.54) is 16.7 Å². The molecule has 2 heteroatoms. The molecule has 1 atom stereocenters. The number of allylic oxidation sites excluding steroid dienone is 5. The molecule has 1 heterocycles. The zero-order valence-corrected chi connectivity index (χ0v) is 15.1. The predicted octanol–water partition coefficient (Wildman–Crippen LogP) is 5.04. The molecule has 126 valence electrons. The summed E-state index contributed by atoms with van der Waals surface area (Å²) in [6, 6.07) is 8.72. The van der Waals surface area contributed by atoms with E-state index in [0.29, 0.717) is 0 Å². The van der Waals surface area contributed by atoms with Crippen LogP contribution in [0.5, 0.6) is 0 Å². The maximum absolute atomic E-state index is 4.17. The van der Waals surface area contributed by atoms with Crippen LogP contribution in [0.25, 0.3) is 5.57 Å².